The third-order valence-corrected chi connectivity index (χ3v) is 4.05. The van der Waals surface area contributed by atoms with Gasteiger partial charge in [-0.1, -0.05) is 0 Å². The summed E-state index contributed by atoms with van der Waals surface area (Å²) in [7, 11) is 0. The van der Waals surface area contributed by atoms with Crippen molar-refractivity contribution >= 4 is 39.9 Å². The van der Waals surface area contributed by atoms with E-state index in [1.54, 1.807) is 0 Å². The van der Waals surface area contributed by atoms with E-state index in [1.807, 2.05) is 0 Å². The largest absolute Gasteiger partial charge is 0.481 e. The minimum absolute atomic E-state index is 0.499. The molecule has 0 aromatic heterocycles. The maximum absolute atomic E-state index is 9.43. The van der Waals surface area contributed by atoms with Gasteiger partial charge >= 0.3 is 82.6 Å². The molecule has 0 rings (SSSR count). The van der Waals surface area contributed by atoms with E-state index < -0.39 is 18.4 Å². The van der Waals surface area contributed by atoms with Gasteiger partial charge in [0.25, 0.3) is 0 Å². The Hall–Kier alpha value is -0.0600. The molecule has 0 spiro atoms. The molecule has 0 aliphatic heterocycles. The number of hydrogen-bond donors (Lipinski definition) is 2. The molecule has 0 saturated carbocycles. The van der Waals surface area contributed by atoms with E-state index >= 15 is 0 Å². The van der Waals surface area contributed by atoms with Crippen LogP contribution in [0, 0.1) is 5.41 Å². The molecule has 4 nitrogen and oxygen atoms in total. The summed E-state index contributed by atoms with van der Waals surface area (Å²) in [5.41, 5.74) is 0.499. The maximum atomic E-state index is 9.43. The van der Waals surface area contributed by atoms with Gasteiger partial charge in [0.2, 0.25) is 0 Å². The molecule has 15 heavy (non-hydrogen) atoms. The molecule has 0 aliphatic rings. The summed E-state index contributed by atoms with van der Waals surface area (Å²) in [5.74, 6) is -2.62. The van der Waals surface area contributed by atoms with Crippen molar-refractivity contribution in [3.8, 4) is 0 Å². The van der Waals surface area contributed by atoms with Crippen LogP contribution in [0.4, 0.5) is 0 Å². The Morgan fingerprint density at radius 1 is 1.00 bits per heavy atom. The number of rotatable bonds is 2. The first kappa shape index (κ1) is 17.3. The number of carbonyl (C=O) groups is 2. The first-order valence-electron chi connectivity index (χ1n) is 4.81. The summed E-state index contributed by atoms with van der Waals surface area (Å²) >= 11 is 1.29. The molecule has 0 aliphatic carbocycles. The van der Waals surface area contributed by atoms with Crippen LogP contribution in [0.15, 0.2) is 0 Å². The quantitative estimate of drug-likeness (QED) is 0.557. The van der Waals surface area contributed by atoms with Gasteiger partial charge in [-0.05, 0) is 0 Å². The van der Waals surface area contributed by atoms with Gasteiger partial charge in [-0.15, -0.1) is 0 Å². The van der Waals surface area contributed by atoms with Gasteiger partial charge in [-0.25, -0.2) is 0 Å². The van der Waals surface area contributed by atoms with Crippen molar-refractivity contribution in [2.45, 2.75) is 43.7 Å². The second kappa shape index (κ2) is 6.51. The van der Waals surface area contributed by atoms with Gasteiger partial charge in [0.15, 0.2) is 0 Å². The molecule has 0 fully saturated rings. The van der Waals surface area contributed by atoms with E-state index in [1.165, 1.54) is 27.9 Å². The van der Waals surface area contributed by atoms with Crippen molar-refractivity contribution in [2.24, 2.45) is 5.41 Å². The monoisotopic (exact) mass is 226 g/mol. The molecule has 5 heteroatoms. The van der Waals surface area contributed by atoms with Gasteiger partial charge in [0, 0.05) is 0 Å². The van der Waals surface area contributed by atoms with Crippen molar-refractivity contribution in [3.63, 3.8) is 0 Å². The zero-order chi connectivity index (χ0) is 12.9. The molecule has 0 radical (unpaired) electrons. The Morgan fingerprint density at radius 3 is 1.20 bits per heavy atom. The minimum Gasteiger partial charge on any atom is -0.481 e. The Kier molecular flexibility index (Phi) is 7.52. The zero-order valence-corrected chi connectivity index (χ0v) is 12.4. The predicted octanol–water partition coefficient (Wildman–Crippen LogP) is 1.95. The van der Waals surface area contributed by atoms with Gasteiger partial charge in [0.05, 0.1) is 0 Å². The van der Waals surface area contributed by atoms with Crippen molar-refractivity contribution < 1.29 is 19.8 Å². The first-order chi connectivity index (χ1) is 6.38. The summed E-state index contributed by atoms with van der Waals surface area (Å²) in [6.45, 7) is 11.6. The summed E-state index contributed by atoms with van der Waals surface area (Å²) in [6, 6.07) is 0. The van der Waals surface area contributed by atoms with Crippen LogP contribution in [0.5, 0.6) is 0 Å². The molecule has 0 amide bonds. The smallest absolute Gasteiger partial charge is 0.314 e. The van der Waals surface area contributed by atoms with E-state index in [-0.39, 0.29) is 0 Å². The second-order valence-electron chi connectivity index (χ2n) is 5.46. The molecule has 2 N–H and O–H groups in total. The molecule has 0 unspecified atom stereocenters. The van der Waals surface area contributed by atoms with Gasteiger partial charge in [0.1, 0.15) is 6.42 Å². The first-order valence-corrected chi connectivity index (χ1v) is 5.81. The summed E-state index contributed by atoms with van der Waals surface area (Å²) in [5, 5.41) is 15.4. The standard InChI is InChI=1S/C7H15.C3H4O4.Na/c1-6(2)7(3,4)5;4-2(5)1-3(6)7;/h1-5H3;1H2,(H,4,5)(H,6,7);. The molecule has 84 valence electrons. The Bertz CT molecular complexity index is 199. The van der Waals surface area contributed by atoms with Crippen molar-refractivity contribution in [3.05, 3.63) is 0 Å². The topological polar surface area (TPSA) is 74.6 Å². The average Bonchev–Trinajstić information content (AvgIpc) is 1.78. The summed E-state index contributed by atoms with van der Waals surface area (Å²) in [4.78, 5) is 18.9. The Labute approximate surface area is 108 Å². The number of carboxylic acids is 2. The van der Waals surface area contributed by atoms with Crippen LogP contribution in [0.25, 0.3) is 0 Å². The van der Waals surface area contributed by atoms with Crippen LogP contribution in [-0.4, -0.2) is 50.1 Å². The van der Waals surface area contributed by atoms with Crippen LogP contribution in [-0.2, 0) is 9.59 Å². The second-order valence-corrected chi connectivity index (χ2v) is 7.96. The van der Waals surface area contributed by atoms with E-state index in [0.29, 0.717) is 8.08 Å². The van der Waals surface area contributed by atoms with Crippen molar-refractivity contribution in [1.29, 1.82) is 0 Å². The maximum Gasteiger partial charge on any atom is 0.314 e. The third kappa shape index (κ3) is 11.9. The third-order valence-electron chi connectivity index (χ3n) is 2.55. The predicted molar refractivity (Wildman–Crippen MR) is 59.1 cm³/mol. The van der Waals surface area contributed by atoms with E-state index in [9.17, 15) is 9.59 Å². The van der Waals surface area contributed by atoms with Gasteiger partial charge < -0.3 is 10.2 Å². The number of hydrogen-bond acceptors (Lipinski definition) is 2. The van der Waals surface area contributed by atoms with E-state index in [2.05, 4.69) is 34.6 Å². The summed E-state index contributed by atoms with van der Waals surface area (Å²) < 4.78 is 0.576. The average molecular weight is 226 g/mol. The van der Waals surface area contributed by atoms with Crippen LogP contribution < -0.4 is 0 Å². The van der Waals surface area contributed by atoms with E-state index in [4.69, 9.17) is 10.2 Å². The normalized spacial score (nSPS) is 11.4. The molecule has 0 aromatic rings. The van der Waals surface area contributed by atoms with Crippen molar-refractivity contribution in [1.82, 2.24) is 0 Å². The van der Waals surface area contributed by atoms with Crippen LogP contribution >= 0.6 is 0 Å². The molecule has 0 saturated heterocycles. The minimum atomic E-state index is -1.31. The fourth-order valence-corrected chi connectivity index (χ4v) is 0.129. The Balaban J connectivity index is 0. The van der Waals surface area contributed by atoms with Crippen LogP contribution in [0.1, 0.15) is 41.0 Å². The number of carboxylic acid groups (broad SMARTS) is 2. The van der Waals surface area contributed by atoms with Crippen molar-refractivity contribution in [2.75, 3.05) is 0 Å². The zero-order valence-electron chi connectivity index (χ0n) is 10.4. The van der Waals surface area contributed by atoms with Crippen LogP contribution in [0.3, 0.4) is 0 Å². The Morgan fingerprint density at radius 2 is 1.20 bits per heavy atom. The van der Waals surface area contributed by atoms with E-state index in [0.717, 1.165) is 0 Å². The molecule has 0 aromatic carbocycles. The molecule has 0 heterocycles. The van der Waals surface area contributed by atoms with Gasteiger partial charge in [-0.2, -0.15) is 0 Å². The fourth-order valence-electron chi connectivity index (χ4n) is 0.129. The summed E-state index contributed by atoms with van der Waals surface area (Å²) in [6.07, 6.45) is -0.806. The molecule has 0 bridgehead atoms. The SMILES string of the molecule is CC(C)(C)[C](C)(C)[Na].O=C(O)CC(=O)O. The van der Waals surface area contributed by atoms with Gasteiger partial charge in [-0.3, -0.25) is 9.59 Å². The molecule has 0 atom stereocenters. The molecular formula is C10H19NaO4. The van der Waals surface area contributed by atoms with Crippen LogP contribution in [0.2, 0.25) is 2.66 Å². The fraction of sp³-hybridized carbons (Fsp3) is 0.800. The molecular weight excluding hydrogens is 207 g/mol. The number of aliphatic carboxylic acids is 2.